The first-order chi connectivity index (χ1) is 16.5. The molecule has 1 aromatic heterocycles. The summed E-state index contributed by atoms with van der Waals surface area (Å²) in [6.07, 6.45) is 4.05. The number of halogens is 2. The summed E-state index contributed by atoms with van der Waals surface area (Å²) in [6.45, 7) is 4.03. The van der Waals surface area contributed by atoms with E-state index in [1.54, 1.807) is 30.6 Å². The molecule has 9 heteroatoms. The Morgan fingerprint density at radius 3 is 2.50 bits per heavy atom. The Morgan fingerprint density at radius 1 is 1.00 bits per heavy atom. The molecule has 172 valence electrons. The van der Waals surface area contributed by atoms with Gasteiger partial charge in [-0.1, -0.05) is 29.3 Å². The average molecular weight is 493 g/mol. The van der Waals surface area contributed by atoms with Crippen molar-refractivity contribution >= 4 is 52.1 Å². The van der Waals surface area contributed by atoms with E-state index in [4.69, 9.17) is 28.3 Å². The second kappa shape index (κ2) is 7.96. The molecule has 3 aliphatic rings. The molecule has 0 radical (unpaired) electrons. The number of benzene rings is 2. The molecule has 1 saturated heterocycles. The van der Waals surface area contributed by atoms with Gasteiger partial charge in [-0.15, -0.1) is 0 Å². The summed E-state index contributed by atoms with van der Waals surface area (Å²) in [5.74, 6) is 0.641. The predicted molar refractivity (Wildman–Crippen MR) is 135 cm³/mol. The first-order valence-corrected chi connectivity index (χ1v) is 12.0. The second-order valence-electron chi connectivity index (χ2n) is 8.90. The van der Waals surface area contributed by atoms with Crippen LogP contribution in [0, 0.1) is 5.41 Å². The summed E-state index contributed by atoms with van der Waals surface area (Å²) in [5, 5.41) is 7.62. The molecule has 34 heavy (non-hydrogen) atoms. The molecule has 1 spiro atoms. The number of carbonyl (C=O) groups excluding carboxylic acids is 1. The number of anilines is 3. The van der Waals surface area contributed by atoms with Gasteiger partial charge in [-0.25, -0.2) is 9.97 Å². The SMILES string of the molecule is CC1=NN(c2ccc(Cl)cc2)C(=O)C12Cc1ccc(Cl)cc1N1CCN(c3ncccn3)CC12. The Labute approximate surface area is 207 Å². The van der Waals surface area contributed by atoms with Crippen molar-refractivity contribution in [2.45, 2.75) is 19.4 Å². The molecule has 3 aromatic rings. The van der Waals surface area contributed by atoms with E-state index >= 15 is 0 Å². The minimum atomic E-state index is -0.812. The fraction of sp³-hybridized carbons (Fsp3) is 0.280. The van der Waals surface area contributed by atoms with E-state index < -0.39 is 5.41 Å². The van der Waals surface area contributed by atoms with Gasteiger partial charge >= 0.3 is 0 Å². The molecule has 4 heterocycles. The summed E-state index contributed by atoms with van der Waals surface area (Å²) in [6, 6.07) is 14.8. The molecule has 0 saturated carbocycles. The van der Waals surface area contributed by atoms with Gasteiger partial charge in [0.05, 0.1) is 17.4 Å². The molecule has 6 rings (SSSR count). The zero-order chi connectivity index (χ0) is 23.4. The molecule has 1 amide bonds. The number of fused-ring (bicyclic) bond motifs is 4. The van der Waals surface area contributed by atoms with Crippen molar-refractivity contribution in [2.24, 2.45) is 10.5 Å². The number of amides is 1. The Balaban J connectivity index is 1.46. The van der Waals surface area contributed by atoms with Crippen LogP contribution in [-0.4, -0.2) is 47.3 Å². The number of hydrogen-bond donors (Lipinski definition) is 0. The molecule has 0 aliphatic carbocycles. The van der Waals surface area contributed by atoms with E-state index in [0.717, 1.165) is 30.1 Å². The number of nitrogens with zero attached hydrogens (tertiary/aromatic N) is 6. The first kappa shape index (κ1) is 21.4. The van der Waals surface area contributed by atoms with Crippen LogP contribution in [-0.2, 0) is 11.2 Å². The highest BCUT2D eigenvalue weighted by atomic mass is 35.5. The van der Waals surface area contributed by atoms with Crippen LogP contribution in [0.1, 0.15) is 12.5 Å². The van der Waals surface area contributed by atoms with Gasteiger partial charge in [0, 0.05) is 47.8 Å². The monoisotopic (exact) mass is 492 g/mol. The standard InChI is InChI=1S/C25H22Cl2N6O/c1-16-25(23(34)33(30-16)20-7-5-18(26)6-8-20)14-17-3-4-19(27)13-21(17)32-12-11-31(15-22(25)32)24-28-9-2-10-29-24/h2-10,13,22H,11-12,14-15H2,1H3. The Morgan fingerprint density at radius 2 is 1.74 bits per heavy atom. The van der Waals surface area contributed by atoms with E-state index in [-0.39, 0.29) is 11.9 Å². The quantitative estimate of drug-likeness (QED) is 0.528. The zero-order valence-corrected chi connectivity index (χ0v) is 20.0. The lowest BCUT2D eigenvalue weighted by Gasteiger charge is -2.53. The van der Waals surface area contributed by atoms with Crippen molar-refractivity contribution in [3.8, 4) is 0 Å². The van der Waals surface area contributed by atoms with Crippen molar-refractivity contribution in [1.29, 1.82) is 0 Å². The summed E-state index contributed by atoms with van der Waals surface area (Å²) in [7, 11) is 0. The minimum absolute atomic E-state index is 0.0289. The summed E-state index contributed by atoms with van der Waals surface area (Å²) < 4.78 is 0. The molecule has 7 nitrogen and oxygen atoms in total. The molecule has 3 aliphatic heterocycles. The molecule has 0 N–H and O–H groups in total. The number of hydrogen-bond acceptors (Lipinski definition) is 6. The molecule has 0 bridgehead atoms. The lowest BCUT2D eigenvalue weighted by Crippen LogP contribution is -2.67. The predicted octanol–water partition coefficient (Wildman–Crippen LogP) is 4.44. The molecular formula is C25H22Cl2N6O. The number of piperazine rings is 1. The van der Waals surface area contributed by atoms with Gasteiger partial charge in [-0.3, -0.25) is 4.79 Å². The van der Waals surface area contributed by atoms with E-state index in [1.165, 1.54) is 5.01 Å². The van der Waals surface area contributed by atoms with Gasteiger partial charge < -0.3 is 9.80 Å². The van der Waals surface area contributed by atoms with Crippen molar-refractivity contribution in [1.82, 2.24) is 9.97 Å². The van der Waals surface area contributed by atoms with Crippen LogP contribution in [0.25, 0.3) is 0 Å². The molecule has 2 aromatic carbocycles. The third-order valence-electron chi connectivity index (χ3n) is 7.15. The molecular weight excluding hydrogens is 471 g/mol. The molecule has 1 fully saturated rings. The summed E-state index contributed by atoms with van der Waals surface area (Å²) in [5.41, 5.74) is 2.89. The third-order valence-corrected chi connectivity index (χ3v) is 7.64. The number of carbonyl (C=O) groups is 1. The molecule has 2 atom stereocenters. The highest BCUT2D eigenvalue weighted by Crippen LogP contribution is 2.49. The number of rotatable bonds is 2. The van der Waals surface area contributed by atoms with Crippen LogP contribution in [0.2, 0.25) is 10.0 Å². The van der Waals surface area contributed by atoms with Crippen molar-refractivity contribution in [2.75, 3.05) is 34.4 Å². The lowest BCUT2D eigenvalue weighted by molar-refractivity contribution is -0.125. The maximum absolute atomic E-state index is 14.2. The Hall–Kier alpha value is -3.16. The fourth-order valence-corrected chi connectivity index (χ4v) is 5.77. The average Bonchev–Trinajstić information content (AvgIpc) is 3.11. The largest absolute Gasteiger partial charge is 0.363 e. The second-order valence-corrected chi connectivity index (χ2v) is 9.78. The van der Waals surface area contributed by atoms with Gasteiger partial charge in [0.15, 0.2) is 0 Å². The highest BCUT2D eigenvalue weighted by Gasteiger charge is 2.60. The topological polar surface area (TPSA) is 64.9 Å². The van der Waals surface area contributed by atoms with E-state index in [2.05, 4.69) is 19.8 Å². The van der Waals surface area contributed by atoms with Crippen molar-refractivity contribution in [3.05, 3.63) is 76.5 Å². The summed E-state index contributed by atoms with van der Waals surface area (Å²) >= 11 is 12.5. The first-order valence-electron chi connectivity index (χ1n) is 11.2. The van der Waals surface area contributed by atoms with Crippen molar-refractivity contribution < 1.29 is 4.79 Å². The Bertz CT molecular complexity index is 1300. The third kappa shape index (κ3) is 3.18. The maximum atomic E-state index is 14.2. The lowest BCUT2D eigenvalue weighted by atomic mass is 9.67. The van der Waals surface area contributed by atoms with Gasteiger partial charge in [0.25, 0.3) is 5.91 Å². The molecule has 2 unspecified atom stereocenters. The number of hydrazone groups is 1. The van der Waals surface area contributed by atoms with Gasteiger partial charge in [-0.05, 0) is 61.4 Å². The minimum Gasteiger partial charge on any atom is -0.363 e. The van der Waals surface area contributed by atoms with Crippen LogP contribution in [0.5, 0.6) is 0 Å². The Kier molecular flexibility index (Phi) is 5.00. The van der Waals surface area contributed by atoms with E-state index in [0.29, 0.717) is 34.6 Å². The summed E-state index contributed by atoms with van der Waals surface area (Å²) in [4.78, 5) is 27.6. The van der Waals surface area contributed by atoms with Crippen molar-refractivity contribution in [3.63, 3.8) is 0 Å². The van der Waals surface area contributed by atoms with Crippen LogP contribution in [0.3, 0.4) is 0 Å². The van der Waals surface area contributed by atoms with Gasteiger partial charge in [0.1, 0.15) is 5.41 Å². The van der Waals surface area contributed by atoms with Crippen LogP contribution in [0.4, 0.5) is 17.3 Å². The van der Waals surface area contributed by atoms with Crippen LogP contribution >= 0.6 is 23.2 Å². The van der Waals surface area contributed by atoms with Crippen LogP contribution in [0.15, 0.2) is 66.0 Å². The number of aromatic nitrogens is 2. The maximum Gasteiger partial charge on any atom is 0.261 e. The van der Waals surface area contributed by atoms with Gasteiger partial charge in [-0.2, -0.15) is 10.1 Å². The van der Waals surface area contributed by atoms with E-state index in [9.17, 15) is 4.79 Å². The van der Waals surface area contributed by atoms with E-state index in [1.807, 2.05) is 37.3 Å². The zero-order valence-electron chi connectivity index (χ0n) is 18.5. The fourth-order valence-electron chi connectivity index (χ4n) is 5.47. The van der Waals surface area contributed by atoms with Crippen LogP contribution < -0.4 is 14.8 Å². The van der Waals surface area contributed by atoms with Gasteiger partial charge in [0.2, 0.25) is 5.95 Å². The highest BCUT2D eigenvalue weighted by molar-refractivity contribution is 6.31. The normalized spacial score (nSPS) is 23.7. The smallest absolute Gasteiger partial charge is 0.261 e.